The first-order valence-corrected chi connectivity index (χ1v) is 8.27. The molecule has 1 aliphatic carbocycles. The highest BCUT2D eigenvalue weighted by molar-refractivity contribution is 5.85. The minimum absolute atomic E-state index is 0. The van der Waals surface area contributed by atoms with E-state index in [4.69, 9.17) is 10.5 Å². The third kappa shape index (κ3) is 6.40. The molecule has 3 unspecified atom stereocenters. The molecule has 3 atom stereocenters. The maximum Gasteiger partial charge on any atom is 0.223 e. The normalized spacial score (nSPS) is 21.9. The van der Waals surface area contributed by atoms with Gasteiger partial charge in [0.25, 0.3) is 0 Å². The summed E-state index contributed by atoms with van der Waals surface area (Å²) in [7, 11) is 1.67. The van der Waals surface area contributed by atoms with Crippen LogP contribution in [0.3, 0.4) is 0 Å². The highest BCUT2D eigenvalue weighted by Crippen LogP contribution is 2.23. The Hall–Kier alpha value is -1.26. The van der Waals surface area contributed by atoms with Crippen molar-refractivity contribution in [1.82, 2.24) is 5.32 Å². The molecule has 1 fully saturated rings. The van der Waals surface area contributed by atoms with Crippen molar-refractivity contribution in [3.8, 4) is 5.75 Å². The Morgan fingerprint density at radius 3 is 2.65 bits per heavy atom. The van der Waals surface area contributed by atoms with Crippen molar-refractivity contribution in [2.24, 2.45) is 11.7 Å². The van der Waals surface area contributed by atoms with E-state index in [0.717, 1.165) is 44.3 Å². The molecule has 5 heteroatoms. The van der Waals surface area contributed by atoms with Gasteiger partial charge in [-0.3, -0.25) is 4.79 Å². The summed E-state index contributed by atoms with van der Waals surface area (Å²) in [4.78, 5) is 12.3. The van der Waals surface area contributed by atoms with E-state index in [-0.39, 0.29) is 36.3 Å². The smallest absolute Gasteiger partial charge is 0.223 e. The van der Waals surface area contributed by atoms with Crippen LogP contribution in [0.1, 0.15) is 44.6 Å². The molecule has 1 aromatic carbocycles. The number of ether oxygens (including phenoxy) is 1. The molecule has 0 heterocycles. The number of aryl methyl sites for hydroxylation is 1. The van der Waals surface area contributed by atoms with Gasteiger partial charge in [0.1, 0.15) is 5.75 Å². The van der Waals surface area contributed by atoms with Crippen LogP contribution < -0.4 is 15.8 Å². The van der Waals surface area contributed by atoms with Crippen molar-refractivity contribution >= 4 is 18.3 Å². The molecule has 23 heavy (non-hydrogen) atoms. The molecule has 1 aromatic rings. The van der Waals surface area contributed by atoms with Gasteiger partial charge in [0.05, 0.1) is 7.11 Å². The molecule has 3 N–H and O–H groups in total. The second-order valence-electron chi connectivity index (χ2n) is 6.42. The van der Waals surface area contributed by atoms with E-state index >= 15 is 0 Å². The van der Waals surface area contributed by atoms with Gasteiger partial charge in [-0.1, -0.05) is 18.6 Å². The number of carbonyl (C=O) groups excluding carboxylic acids is 1. The lowest BCUT2D eigenvalue weighted by atomic mass is 9.85. The van der Waals surface area contributed by atoms with Gasteiger partial charge in [0, 0.05) is 18.0 Å². The summed E-state index contributed by atoms with van der Waals surface area (Å²) in [6.07, 6.45) is 5.82. The summed E-state index contributed by atoms with van der Waals surface area (Å²) in [6, 6.07) is 8.48. The van der Waals surface area contributed by atoms with Crippen LogP contribution in [0, 0.1) is 5.92 Å². The van der Waals surface area contributed by atoms with E-state index in [2.05, 4.69) is 24.4 Å². The number of carbonyl (C=O) groups is 1. The largest absolute Gasteiger partial charge is 0.497 e. The number of rotatable bonds is 6. The van der Waals surface area contributed by atoms with E-state index in [1.54, 1.807) is 7.11 Å². The molecule has 0 saturated heterocycles. The molecule has 0 aliphatic heterocycles. The van der Waals surface area contributed by atoms with Crippen molar-refractivity contribution in [3.63, 3.8) is 0 Å². The zero-order valence-electron chi connectivity index (χ0n) is 14.1. The van der Waals surface area contributed by atoms with Gasteiger partial charge >= 0.3 is 0 Å². The van der Waals surface area contributed by atoms with Gasteiger partial charge < -0.3 is 15.8 Å². The highest BCUT2D eigenvalue weighted by Gasteiger charge is 2.25. The molecule has 1 saturated carbocycles. The minimum atomic E-state index is 0. The Labute approximate surface area is 145 Å². The molecule has 1 aliphatic rings. The summed E-state index contributed by atoms with van der Waals surface area (Å²) < 4.78 is 5.16. The number of hydrogen-bond donors (Lipinski definition) is 2. The monoisotopic (exact) mass is 340 g/mol. The molecule has 0 radical (unpaired) electrons. The van der Waals surface area contributed by atoms with Gasteiger partial charge in [0.2, 0.25) is 5.91 Å². The topological polar surface area (TPSA) is 64.3 Å². The van der Waals surface area contributed by atoms with Crippen LogP contribution in [0.2, 0.25) is 0 Å². The molecule has 130 valence electrons. The van der Waals surface area contributed by atoms with Crippen molar-refractivity contribution in [2.75, 3.05) is 7.11 Å². The van der Waals surface area contributed by atoms with E-state index < -0.39 is 0 Å². The summed E-state index contributed by atoms with van der Waals surface area (Å²) in [6.45, 7) is 2.07. The maximum atomic E-state index is 12.3. The fourth-order valence-electron chi connectivity index (χ4n) is 3.07. The number of halogens is 1. The lowest BCUT2D eigenvalue weighted by Gasteiger charge is -2.27. The average molecular weight is 341 g/mol. The summed E-state index contributed by atoms with van der Waals surface area (Å²) in [5, 5.41) is 3.14. The molecular formula is C18H29ClN2O2. The van der Waals surface area contributed by atoms with Crippen molar-refractivity contribution in [3.05, 3.63) is 29.8 Å². The molecule has 0 bridgehead atoms. The quantitative estimate of drug-likeness (QED) is 0.836. The van der Waals surface area contributed by atoms with Crippen LogP contribution in [0.25, 0.3) is 0 Å². The van der Waals surface area contributed by atoms with Crippen LogP contribution in [0.5, 0.6) is 5.75 Å². The Morgan fingerprint density at radius 2 is 2.04 bits per heavy atom. The van der Waals surface area contributed by atoms with Gasteiger partial charge in [-0.05, 0) is 56.7 Å². The third-order valence-corrected chi connectivity index (χ3v) is 4.50. The number of benzene rings is 1. The van der Waals surface area contributed by atoms with Gasteiger partial charge in [-0.2, -0.15) is 0 Å². The van der Waals surface area contributed by atoms with E-state index in [9.17, 15) is 4.79 Å². The fraction of sp³-hybridized carbons (Fsp3) is 0.611. The minimum Gasteiger partial charge on any atom is -0.497 e. The van der Waals surface area contributed by atoms with E-state index in [0.29, 0.717) is 0 Å². The highest BCUT2D eigenvalue weighted by atomic mass is 35.5. The zero-order valence-corrected chi connectivity index (χ0v) is 14.9. The Balaban J connectivity index is 0.00000264. The van der Waals surface area contributed by atoms with Crippen LogP contribution >= 0.6 is 12.4 Å². The van der Waals surface area contributed by atoms with Gasteiger partial charge in [0.15, 0.2) is 0 Å². The zero-order chi connectivity index (χ0) is 15.9. The van der Waals surface area contributed by atoms with Crippen molar-refractivity contribution in [1.29, 1.82) is 0 Å². The van der Waals surface area contributed by atoms with Gasteiger partial charge in [-0.15, -0.1) is 12.4 Å². The van der Waals surface area contributed by atoms with E-state index in [1.165, 1.54) is 5.56 Å². The van der Waals surface area contributed by atoms with Crippen LogP contribution in [-0.2, 0) is 11.2 Å². The Bertz CT molecular complexity index is 478. The van der Waals surface area contributed by atoms with Gasteiger partial charge in [-0.25, -0.2) is 0 Å². The van der Waals surface area contributed by atoms with Crippen LogP contribution in [-0.4, -0.2) is 25.1 Å². The first-order valence-electron chi connectivity index (χ1n) is 8.27. The maximum absolute atomic E-state index is 12.3. The molecule has 2 rings (SSSR count). The standard InChI is InChI=1S/C18H28N2O2.ClH/c1-13(6-7-14-8-10-17(22-2)11-9-14)20-18(21)15-4-3-5-16(19)12-15;/h8-11,13,15-16H,3-7,12,19H2,1-2H3,(H,20,21);1H. The lowest BCUT2D eigenvalue weighted by molar-refractivity contribution is -0.126. The summed E-state index contributed by atoms with van der Waals surface area (Å²) in [5.41, 5.74) is 7.23. The predicted octanol–water partition coefficient (Wildman–Crippen LogP) is 3.07. The predicted molar refractivity (Wildman–Crippen MR) is 96.1 cm³/mol. The van der Waals surface area contributed by atoms with Crippen molar-refractivity contribution < 1.29 is 9.53 Å². The van der Waals surface area contributed by atoms with E-state index in [1.807, 2.05) is 12.1 Å². The third-order valence-electron chi connectivity index (χ3n) is 4.50. The number of methoxy groups -OCH3 is 1. The summed E-state index contributed by atoms with van der Waals surface area (Å²) in [5.74, 6) is 1.16. The molecule has 1 amide bonds. The molecule has 0 aromatic heterocycles. The first kappa shape index (κ1) is 19.8. The lowest BCUT2D eigenvalue weighted by Crippen LogP contribution is -2.41. The first-order chi connectivity index (χ1) is 10.6. The average Bonchev–Trinajstić information content (AvgIpc) is 2.53. The number of amides is 1. The molecular weight excluding hydrogens is 312 g/mol. The number of nitrogens with one attached hydrogen (secondary N) is 1. The van der Waals surface area contributed by atoms with Crippen LogP contribution in [0.15, 0.2) is 24.3 Å². The SMILES string of the molecule is COc1ccc(CCC(C)NC(=O)C2CCCC(N)C2)cc1.Cl. The summed E-state index contributed by atoms with van der Waals surface area (Å²) >= 11 is 0. The second-order valence-corrected chi connectivity index (χ2v) is 6.42. The second kappa shape index (κ2) is 9.78. The number of nitrogens with two attached hydrogens (primary N) is 1. The molecule has 0 spiro atoms. The molecule has 4 nitrogen and oxygen atoms in total. The Kier molecular flexibility index (Phi) is 8.42. The fourth-order valence-corrected chi connectivity index (χ4v) is 3.07. The Morgan fingerprint density at radius 1 is 1.35 bits per heavy atom. The van der Waals surface area contributed by atoms with Crippen molar-refractivity contribution in [2.45, 2.75) is 57.5 Å². The van der Waals surface area contributed by atoms with Crippen LogP contribution in [0.4, 0.5) is 0 Å². The number of hydrogen-bond acceptors (Lipinski definition) is 3.